The van der Waals surface area contributed by atoms with Crippen LogP contribution < -0.4 is 5.73 Å². The summed E-state index contributed by atoms with van der Waals surface area (Å²) in [6.07, 6.45) is 1.44. The molecule has 2 heterocycles. The van der Waals surface area contributed by atoms with E-state index in [-0.39, 0.29) is 5.54 Å². The number of nitrogens with zero attached hydrogens (tertiary/aromatic N) is 1. The van der Waals surface area contributed by atoms with E-state index in [0.29, 0.717) is 13.2 Å². The van der Waals surface area contributed by atoms with Crippen LogP contribution in [0.1, 0.15) is 5.56 Å². The predicted octanol–water partition coefficient (Wildman–Crippen LogP) is 1.01. The van der Waals surface area contributed by atoms with Crippen LogP contribution in [0.4, 0.5) is 0 Å². The number of hydrogen-bond donors (Lipinski definition) is 1. The monoisotopic (exact) mass is 190 g/mol. The molecule has 4 heteroatoms. The summed E-state index contributed by atoms with van der Waals surface area (Å²) >= 11 is 0. The predicted molar refractivity (Wildman–Crippen MR) is 50.7 cm³/mol. The van der Waals surface area contributed by atoms with Crippen molar-refractivity contribution in [3.63, 3.8) is 0 Å². The molecule has 1 saturated heterocycles. The molecule has 0 atom stereocenters. The van der Waals surface area contributed by atoms with Crippen molar-refractivity contribution in [2.75, 3.05) is 13.2 Å². The highest BCUT2D eigenvalue weighted by Crippen LogP contribution is 2.28. The van der Waals surface area contributed by atoms with E-state index in [2.05, 4.69) is 4.98 Å². The van der Waals surface area contributed by atoms with E-state index in [1.165, 1.54) is 6.39 Å². The van der Waals surface area contributed by atoms with Gasteiger partial charge in [-0.05, 0) is 17.7 Å². The third-order valence-electron chi connectivity index (χ3n) is 2.63. The van der Waals surface area contributed by atoms with Gasteiger partial charge in [0.05, 0.1) is 18.8 Å². The van der Waals surface area contributed by atoms with E-state index in [4.69, 9.17) is 14.9 Å². The Morgan fingerprint density at radius 1 is 1.36 bits per heavy atom. The lowest BCUT2D eigenvalue weighted by molar-refractivity contribution is -0.0568. The second-order valence-electron chi connectivity index (χ2n) is 3.68. The molecule has 1 aliphatic heterocycles. The summed E-state index contributed by atoms with van der Waals surface area (Å²) in [7, 11) is 0. The number of oxazole rings is 1. The zero-order valence-corrected chi connectivity index (χ0v) is 7.56. The third kappa shape index (κ3) is 0.981. The highest BCUT2D eigenvalue weighted by molar-refractivity contribution is 5.73. The van der Waals surface area contributed by atoms with Crippen molar-refractivity contribution < 1.29 is 9.15 Å². The van der Waals surface area contributed by atoms with Crippen LogP contribution in [0.2, 0.25) is 0 Å². The first-order chi connectivity index (χ1) is 6.78. The Kier molecular flexibility index (Phi) is 1.45. The van der Waals surface area contributed by atoms with Crippen molar-refractivity contribution in [2.45, 2.75) is 5.54 Å². The molecule has 2 aromatic rings. The smallest absolute Gasteiger partial charge is 0.181 e. The largest absolute Gasteiger partial charge is 0.443 e. The first kappa shape index (κ1) is 7.96. The van der Waals surface area contributed by atoms with Gasteiger partial charge in [-0.1, -0.05) is 6.07 Å². The van der Waals surface area contributed by atoms with Crippen molar-refractivity contribution in [2.24, 2.45) is 5.73 Å². The molecule has 14 heavy (non-hydrogen) atoms. The summed E-state index contributed by atoms with van der Waals surface area (Å²) in [6.45, 7) is 1.15. The molecule has 3 rings (SSSR count). The van der Waals surface area contributed by atoms with Gasteiger partial charge in [0.15, 0.2) is 12.0 Å². The van der Waals surface area contributed by atoms with E-state index in [1.807, 2.05) is 18.2 Å². The molecule has 0 aliphatic carbocycles. The lowest BCUT2D eigenvalue weighted by atomic mass is 9.89. The summed E-state index contributed by atoms with van der Waals surface area (Å²) in [4.78, 5) is 4.05. The lowest BCUT2D eigenvalue weighted by Gasteiger charge is -2.38. The Bertz CT molecular complexity index is 474. The van der Waals surface area contributed by atoms with Gasteiger partial charge in [0.1, 0.15) is 5.52 Å². The third-order valence-corrected chi connectivity index (χ3v) is 2.63. The molecule has 0 amide bonds. The molecule has 2 N–H and O–H groups in total. The Morgan fingerprint density at radius 3 is 2.93 bits per heavy atom. The van der Waals surface area contributed by atoms with Gasteiger partial charge in [0.25, 0.3) is 0 Å². The van der Waals surface area contributed by atoms with Crippen LogP contribution in [0.5, 0.6) is 0 Å². The molecule has 1 aromatic heterocycles. The van der Waals surface area contributed by atoms with Crippen molar-refractivity contribution in [1.29, 1.82) is 0 Å². The number of aromatic nitrogens is 1. The van der Waals surface area contributed by atoms with Gasteiger partial charge in [-0.25, -0.2) is 4.98 Å². The van der Waals surface area contributed by atoms with Gasteiger partial charge in [0.2, 0.25) is 0 Å². The molecule has 72 valence electrons. The molecule has 1 fully saturated rings. The lowest BCUT2D eigenvalue weighted by Crippen LogP contribution is -2.54. The summed E-state index contributed by atoms with van der Waals surface area (Å²) in [5.74, 6) is 0. The zero-order valence-electron chi connectivity index (χ0n) is 7.56. The normalized spacial score (nSPS) is 19.5. The number of hydrogen-bond acceptors (Lipinski definition) is 4. The molecule has 0 unspecified atom stereocenters. The van der Waals surface area contributed by atoms with Crippen LogP contribution in [0, 0.1) is 0 Å². The number of benzene rings is 1. The minimum absolute atomic E-state index is 0.332. The molecule has 0 saturated carbocycles. The number of fused-ring (bicyclic) bond motifs is 1. The SMILES string of the molecule is NC1(c2ccc3ncoc3c2)COC1. The summed E-state index contributed by atoms with van der Waals surface area (Å²) in [5, 5.41) is 0. The second-order valence-corrected chi connectivity index (χ2v) is 3.68. The molecule has 4 nitrogen and oxygen atoms in total. The van der Waals surface area contributed by atoms with Gasteiger partial charge in [0, 0.05) is 0 Å². The minimum Gasteiger partial charge on any atom is -0.443 e. The van der Waals surface area contributed by atoms with Crippen LogP contribution in [0.25, 0.3) is 11.1 Å². The maximum Gasteiger partial charge on any atom is 0.181 e. The fourth-order valence-corrected chi connectivity index (χ4v) is 1.65. The minimum atomic E-state index is -0.332. The van der Waals surface area contributed by atoms with E-state index in [1.54, 1.807) is 0 Å². The standard InChI is InChI=1S/C10H10N2O2/c11-10(4-13-5-10)7-1-2-8-9(3-7)14-6-12-8/h1-3,6H,4-5,11H2. The van der Waals surface area contributed by atoms with Crippen LogP contribution in [0.15, 0.2) is 29.0 Å². The van der Waals surface area contributed by atoms with Crippen LogP contribution in [-0.2, 0) is 10.3 Å². The van der Waals surface area contributed by atoms with Gasteiger partial charge in [-0.3, -0.25) is 0 Å². The first-order valence-corrected chi connectivity index (χ1v) is 4.48. The van der Waals surface area contributed by atoms with Crippen molar-refractivity contribution >= 4 is 11.1 Å². The Balaban J connectivity index is 2.13. The van der Waals surface area contributed by atoms with Crippen molar-refractivity contribution in [1.82, 2.24) is 4.98 Å². The van der Waals surface area contributed by atoms with E-state index in [9.17, 15) is 0 Å². The maximum atomic E-state index is 6.10. The second kappa shape index (κ2) is 2.56. The zero-order chi connectivity index (χ0) is 9.60. The molecule has 0 spiro atoms. The van der Waals surface area contributed by atoms with Gasteiger partial charge in [-0.15, -0.1) is 0 Å². The molecular weight excluding hydrogens is 180 g/mol. The molecule has 1 aromatic carbocycles. The fraction of sp³-hybridized carbons (Fsp3) is 0.300. The average Bonchev–Trinajstić information content (AvgIpc) is 2.60. The van der Waals surface area contributed by atoms with Crippen LogP contribution in [-0.4, -0.2) is 18.2 Å². The van der Waals surface area contributed by atoms with Gasteiger partial charge >= 0.3 is 0 Å². The Hall–Kier alpha value is -1.39. The topological polar surface area (TPSA) is 61.3 Å². The quantitative estimate of drug-likeness (QED) is 0.729. The summed E-state index contributed by atoms with van der Waals surface area (Å²) in [6, 6.07) is 5.83. The first-order valence-electron chi connectivity index (χ1n) is 4.48. The Morgan fingerprint density at radius 2 is 2.21 bits per heavy atom. The summed E-state index contributed by atoms with van der Waals surface area (Å²) in [5.41, 5.74) is 8.45. The highest BCUT2D eigenvalue weighted by atomic mass is 16.5. The van der Waals surface area contributed by atoms with E-state index >= 15 is 0 Å². The van der Waals surface area contributed by atoms with Crippen LogP contribution in [0.3, 0.4) is 0 Å². The maximum absolute atomic E-state index is 6.10. The summed E-state index contributed by atoms with van der Waals surface area (Å²) < 4.78 is 10.3. The number of rotatable bonds is 1. The van der Waals surface area contributed by atoms with Gasteiger partial charge in [-0.2, -0.15) is 0 Å². The van der Waals surface area contributed by atoms with E-state index < -0.39 is 0 Å². The number of nitrogens with two attached hydrogens (primary N) is 1. The van der Waals surface area contributed by atoms with Crippen LogP contribution >= 0.6 is 0 Å². The fourth-order valence-electron chi connectivity index (χ4n) is 1.65. The van der Waals surface area contributed by atoms with E-state index in [0.717, 1.165) is 16.7 Å². The molecule has 0 radical (unpaired) electrons. The van der Waals surface area contributed by atoms with Crippen molar-refractivity contribution in [3.8, 4) is 0 Å². The highest BCUT2D eigenvalue weighted by Gasteiger charge is 2.36. The van der Waals surface area contributed by atoms with Gasteiger partial charge < -0.3 is 14.9 Å². The molecule has 1 aliphatic rings. The molecular formula is C10H10N2O2. The average molecular weight is 190 g/mol. The number of ether oxygens (including phenoxy) is 1. The van der Waals surface area contributed by atoms with Crippen molar-refractivity contribution in [3.05, 3.63) is 30.2 Å². The molecule has 0 bridgehead atoms. The Labute approximate surface area is 80.7 Å².